The van der Waals surface area contributed by atoms with Crippen LogP contribution >= 0.6 is 0 Å². The molecule has 0 radical (unpaired) electrons. The lowest BCUT2D eigenvalue weighted by Crippen LogP contribution is -2.24. The molecule has 1 heterocycles. The van der Waals surface area contributed by atoms with E-state index in [0.29, 0.717) is 17.9 Å². The lowest BCUT2D eigenvalue weighted by Gasteiger charge is -2.21. The first kappa shape index (κ1) is 18.5. The van der Waals surface area contributed by atoms with Gasteiger partial charge in [0.1, 0.15) is 5.75 Å². The van der Waals surface area contributed by atoms with Crippen molar-refractivity contribution in [3.63, 3.8) is 0 Å². The van der Waals surface area contributed by atoms with Crippen molar-refractivity contribution in [3.8, 4) is 5.75 Å². The maximum absolute atomic E-state index is 5.74. The Kier molecular flexibility index (Phi) is 5.99. The van der Waals surface area contributed by atoms with Gasteiger partial charge < -0.3 is 14.6 Å². The van der Waals surface area contributed by atoms with Crippen molar-refractivity contribution in [2.45, 2.75) is 52.5 Å². The van der Waals surface area contributed by atoms with Crippen LogP contribution in [0.4, 0.5) is 0 Å². The Morgan fingerprint density at radius 3 is 2.42 bits per heavy atom. The van der Waals surface area contributed by atoms with E-state index in [1.165, 1.54) is 0 Å². The monoisotopic (exact) mass is 331 g/mol. The second-order valence-corrected chi connectivity index (χ2v) is 7.26. The van der Waals surface area contributed by atoms with Gasteiger partial charge in [0, 0.05) is 12.5 Å². The predicted molar refractivity (Wildman–Crippen MR) is 95.4 cm³/mol. The Hall–Kier alpha value is -1.88. The molecule has 0 spiro atoms. The molecule has 0 saturated heterocycles. The van der Waals surface area contributed by atoms with Crippen molar-refractivity contribution in [2.24, 2.45) is 5.92 Å². The minimum atomic E-state index is -0.343. The third kappa shape index (κ3) is 4.57. The maximum Gasteiger partial charge on any atom is 0.236 e. The predicted octanol–water partition coefficient (Wildman–Crippen LogP) is 3.58. The highest BCUT2D eigenvalue weighted by Crippen LogP contribution is 2.31. The van der Waals surface area contributed by atoms with E-state index in [2.05, 4.69) is 62.2 Å². The van der Waals surface area contributed by atoms with Gasteiger partial charge in [-0.2, -0.15) is 4.98 Å². The molecule has 132 valence electrons. The fraction of sp³-hybridized carbons (Fsp3) is 0.579. The molecule has 0 aliphatic heterocycles. The number of rotatable bonds is 8. The van der Waals surface area contributed by atoms with Crippen LogP contribution < -0.4 is 10.1 Å². The number of ether oxygens (including phenoxy) is 1. The highest BCUT2D eigenvalue weighted by molar-refractivity contribution is 5.35. The molecule has 24 heavy (non-hydrogen) atoms. The van der Waals surface area contributed by atoms with Gasteiger partial charge in [0.05, 0.1) is 12.0 Å². The number of hydrogen-bond donors (Lipinski definition) is 1. The number of likely N-dealkylation sites (N-methyl/N-ethyl adjacent to an activating group) is 1. The Balaban J connectivity index is 2.11. The summed E-state index contributed by atoms with van der Waals surface area (Å²) in [4.78, 5) is 4.58. The van der Waals surface area contributed by atoms with Crippen LogP contribution in [0.3, 0.4) is 0 Å². The molecule has 2 rings (SSSR count). The summed E-state index contributed by atoms with van der Waals surface area (Å²) in [6, 6.07) is 8.45. The Morgan fingerprint density at radius 1 is 1.17 bits per heavy atom. The lowest BCUT2D eigenvalue weighted by molar-refractivity contribution is 0.271. The van der Waals surface area contributed by atoms with Crippen LogP contribution in [0.2, 0.25) is 0 Å². The second-order valence-electron chi connectivity index (χ2n) is 7.26. The fourth-order valence-corrected chi connectivity index (χ4v) is 2.32. The SMILES string of the molecule is CNC(C)Cc1noc(C(C)(C)c2ccc(OCC(C)C)cc2)n1. The largest absolute Gasteiger partial charge is 0.493 e. The van der Waals surface area contributed by atoms with Crippen molar-refractivity contribution in [1.29, 1.82) is 0 Å². The van der Waals surface area contributed by atoms with E-state index in [4.69, 9.17) is 9.26 Å². The molecule has 1 unspecified atom stereocenters. The quantitative estimate of drug-likeness (QED) is 0.801. The van der Waals surface area contributed by atoms with Gasteiger partial charge in [-0.15, -0.1) is 0 Å². The number of nitrogens with zero attached hydrogens (tertiary/aromatic N) is 2. The van der Waals surface area contributed by atoms with Crippen molar-refractivity contribution in [3.05, 3.63) is 41.5 Å². The van der Waals surface area contributed by atoms with Crippen LogP contribution in [0.1, 0.15) is 51.9 Å². The van der Waals surface area contributed by atoms with E-state index < -0.39 is 0 Å². The number of hydrogen-bond acceptors (Lipinski definition) is 5. The summed E-state index contributed by atoms with van der Waals surface area (Å²) >= 11 is 0. The molecular weight excluding hydrogens is 302 g/mol. The first-order chi connectivity index (χ1) is 11.3. The zero-order valence-corrected chi connectivity index (χ0v) is 15.6. The van der Waals surface area contributed by atoms with Gasteiger partial charge in [0.2, 0.25) is 5.89 Å². The zero-order chi connectivity index (χ0) is 17.7. The van der Waals surface area contributed by atoms with Gasteiger partial charge in [0.15, 0.2) is 5.82 Å². The molecule has 0 bridgehead atoms. The molecular formula is C19H29N3O2. The normalized spacial score (nSPS) is 13.3. The Morgan fingerprint density at radius 2 is 1.83 bits per heavy atom. The average molecular weight is 331 g/mol. The van der Waals surface area contributed by atoms with E-state index in [-0.39, 0.29) is 5.41 Å². The van der Waals surface area contributed by atoms with Crippen LogP contribution in [0.5, 0.6) is 5.75 Å². The highest BCUT2D eigenvalue weighted by Gasteiger charge is 2.30. The topological polar surface area (TPSA) is 60.2 Å². The third-order valence-electron chi connectivity index (χ3n) is 4.14. The van der Waals surface area contributed by atoms with Crippen LogP contribution in [-0.2, 0) is 11.8 Å². The van der Waals surface area contributed by atoms with Gasteiger partial charge in [0.25, 0.3) is 0 Å². The van der Waals surface area contributed by atoms with Crippen LogP contribution in [0.25, 0.3) is 0 Å². The molecule has 1 atom stereocenters. The average Bonchev–Trinajstić information content (AvgIpc) is 3.02. The fourth-order valence-electron chi connectivity index (χ4n) is 2.32. The summed E-state index contributed by atoms with van der Waals surface area (Å²) in [5, 5.41) is 7.30. The molecule has 0 saturated carbocycles. The summed E-state index contributed by atoms with van der Waals surface area (Å²) in [7, 11) is 1.93. The zero-order valence-electron chi connectivity index (χ0n) is 15.6. The van der Waals surface area contributed by atoms with Crippen molar-refractivity contribution in [1.82, 2.24) is 15.5 Å². The van der Waals surface area contributed by atoms with Gasteiger partial charge in [-0.1, -0.05) is 31.1 Å². The summed E-state index contributed by atoms with van der Waals surface area (Å²) in [6.45, 7) is 11.3. The third-order valence-corrected chi connectivity index (χ3v) is 4.14. The molecule has 2 aromatic rings. The summed E-state index contributed by atoms with van der Waals surface area (Å²) in [5.41, 5.74) is 0.779. The second kappa shape index (κ2) is 7.79. The van der Waals surface area contributed by atoms with Crippen LogP contribution in [0, 0.1) is 5.92 Å². The molecule has 1 aromatic heterocycles. The van der Waals surface area contributed by atoms with Gasteiger partial charge in [-0.05, 0) is 51.4 Å². The molecule has 5 nitrogen and oxygen atoms in total. The molecule has 0 aliphatic rings. The van der Waals surface area contributed by atoms with Crippen LogP contribution in [-0.4, -0.2) is 29.8 Å². The Bertz CT molecular complexity index is 632. The summed E-state index contributed by atoms with van der Waals surface area (Å²) in [5.74, 6) is 2.77. The minimum absolute atomic E-state index is 0.316. The van der Waals surface area contributed by atoms with Crippen LogP contribution in [0.15, 0.2) is 28.8 Å². The van der Waals surface area contributed by atoms with E-state index in [1.807, 2.05) is 19.2 Å². The van der Waals surface area contributed by atoms with Crippen molar-refractivity contribution >= 4 is 0 Å². The van der Waals surface area contributed by atoms with E-state index in [0.717, 1.165) is 30.2 Å². The van der Waals surface area contributed by atoms with Gasteiger partial charge in [-0.25, -0.2) is 0 Å². The van der Waals surface area contributed by atoms with Gasteiger partial charge >= 0.3 is 0 Å². The molecule has 0 fully saturated rings. The first-order valence-corrected chi connectivity index (χ1v) is 8.56. The lowest BCUT2D eigenvalue weighted by atomic mass is 9.84. The first-order valence-electron chi connectivity index (χ1n) is 8.56. The number of benzene rings is 1. The van der Waals surface area contributed by atoms with Crippen molar-refractivity contribution < 1.29 is 9.26 Å². The molecule has 1 aromatic carbocycles. The summed E-state index contributed by atoms with van der Waals surface area (Å²) in [6.07, 6.45) is 0.748. The molecule has 0 amide bonds. The maximum atomic E-state index is 5.74. The molecule has 5 heteroatoms. The molecule has 1 N–H and O–H groups in total. The molecule has 0 aliphatic carbocycles. The number of aromatic nitrogens is 2. The van der Waals surface area contributed by atoms with Crippen molar-refractivity contribution in [2.75, 3.05) is 13.7 Å². The van der Waals surface area contributed by atoms with Gasteiger partial charge in [-0.3, -0.25) is 0 Å². The highest BCUT2D eigenvalue weighted by atomic mass is 16.5. The Labute approximate surface area is 144 Å². The van der Waals surface area contributed by atoms with E-state index in [9.17, 15) is 0 Å². The van der Waals surface area contributed by atoms with E-state index >= 15 is 0 Å². The smallest absolute Gasteiger partial charge is 0.236 e. The van der Waals surface area contributed by atoms with E-state index in [1.54, 1.807) is 0 Å². The summed E-state index contributed by atoms with van der Waals surface area (Å²) < 4.78 is 11.3. The standard InChI is InChI=1S/C19H29N3O2/c1-13(2)12-23-16-9-7-15(8-10-16)19(4,5)18-21-17(22-24-18)11-14(3)20-6/h7-10,13-14,20H,11-12H2,1-6H3. The minimum Gasteiger partial charge on any atom is -0.493 e. The number of nitrogens with one attached hydrogen (secondary N) is 1.